The Morgan fingerprint density at radius 1 is 1.12 bits per heavy atom. The van der Waals surface area contributed by atoms with E-state index in [1.807, 2.05) is 44.2 Å². The molecule has 0 radical (unpaired) electrons. The predicted molar refractivity (Wildman–Crippen MR) is 60.0 cm³/mol. The van der Waals surface area contributed by atoms with Gasteiger partial charge in [0.25, 0.3) is 0 Å². The van der Waals surface area contributed by atoms with E-state index in [4.69, 9.17) is 0 Å². The molecule has 1 aromatic rings. The molecule has 1 saturated heterocycles. The standard InChI is InChI=1S/C12H18N2O2/c1-9-13(15)11(12(2,3)14(9)16)10-7-5-4-6-8-10/h4-9,11,15-16H,1-3H3. The van der Waals surface area contributed by atoms with Crippen molar-refractivity contribution in [1.29, 1.82) is 0 Å². The Bertz CT molecular complexity index is 367. The summed E-state index contributed by atoms with van der Waals surface area (Å²) in [6, 6.07) is 9.50. The highest BCUT2D eigenvalue weighted by molar-refractivity contribution is 5.23. The van der Waals surface area contributed by atoms with E-state index in [1.165, 1.54) is 10.1 Å². The summed E-state index contributed by atoms with van der Waals surface area (Å²) in [5.41, 5.74) is 0.480. The Hall–Kier alpha value is -0.940. The number of hydrogen-bond donors (Lipinski definition) is 2. The van der Waals surface area contributed by atoms with Crippen molar-refractivity contribution in [1.82, 2.24) is 10.1 Å². The Morgan fingerprint density at radius 3 is 2.12 bits per heavy atom. The first-order valence-electron chi connectivity index (χ1n) is 5.46. The van der Waals surface area contributed by atoms with E-state index in [1.54, 1.807) is 6.92 Å². The van der Waals surface area contributed by atoms with Gasteiger partial charge in [-0.1, -0.05) is 30.3 Å². The average Bonchev–Trinajstić information content (AvgIpc) is 2.41. The van der Waals surface area contributed by atoms with Crippen molar-refractivity contribution in [2.75, 3.05) is 0 Å². The zero-order valence-corrected chi connectivity index (χ0v) is 9.83. The van der Waals surface area contributed by atoms with Crippen LogP contribution in [-0.2, 0) is 0 Å². The molecule has 2 rings (SSSR count). The first kappa shape index (κ1) is 11.5. The fourth-order valence-corrected chi connectivity index (χ4v) is 2.45. The molecule has 2 atom stereocenters. The van der Waals surface area contributed by atoms with Gasteiger partial charge in [-0.25, -0.2) is 0 Å². The van der Waals surface area contributed by atoms with Crippen LogP contribution < -0.4 is 0 Å². The summed E-state index contributed by atoms with van der Waals surface area (Å²) in [5, 5.41) is 22.4. The van der Waals surface area contributed by atoms with Gasteiger partial charge in [0.1, 0.15) is 6.17 Å². The van der Waals surface area contributed by atoms with E-state index in [9.17, 15) is 10.4 Å². The van der Waals surface area contributed by atoms with Crippen molar-refractivity contribution < 1.29 is 10.4 Å². The molecule has 0 aliphatic carbocycles. The highest BCUT2D eigenvalue weighted by Gasteiger charge is 2.51. The van der Waals surface area contributed by atoms with Gasteiger partial charge in [-0.05, 0) is 26.3 Å². The van der Waals surface area contributed by atoms with Crippen molar-refractivity contribution >= 4 is 0 Å². The van der Waals surface area contributed by atoms with Gasteiger partial charge in [-0.15, -0.1) is 0 Å². The Morgan fingerprint density at radius 2 is 1.69 bits per heavy atom. The molecule has 0 amide bonds. The first-order chi connectivity index (χ1) is 7.46. The van der Waals surface area contributed by atoms with Gasteiger partial charge in [-0.2, -0.15) is 10.1 Å². The van der Waals surface area contributed by atoms with E-state index < -0.39 is 11.7 Å². The molecule has 1 aromatic carbocycles. The highest BCUT2D eigenvalue weighted by atomic mass is 16.6. The minimum atomic E-state index is -0.518. The van der Waals surface area contributed by atoms with Crippen LogP contribution >= 0.6 is 0 Å². The molecular formula is C12H18N2O2. The van der Waals surface area contributed by atoms with Gasteiger partial charge in [0.2, 0.25) is 0 Å². The van der Waals surface area contributed by atoms with Crippen LogP contribution in [0.1, 0.15) is 32.4 Å². The predicted octanol–water partition coefficient (Wildman–Crippen LogP) is 2.25. The Balaban J connectivity index is 2.41. The van der Waals surface area contributed by atoms with E-state index >= 15 is 0 Å². The molecule has 0 saturated carbocycles. The second-order valence-corrected chi connectivity index (χ2v) is 4.82. The van der Waals surface area contributed by atoms with Gasteiger partial charge >= 0.3 is 0 Å². The van der Waals surface area contributed by atoms with E-state index in [0.717, 1.165) is 5.56 Å². The molecule has 1 fully saturated rings. The lowest BCUT2D eigenvalue weighted by molar-refractivity contribution is -0.209. The maximum atomic E-state index is 10.0. The van der Waals surface area contributed by atoms with Gasteiger partial charge in [-0.3, -0.25) is 0 Å². The highest BCUT2D eigenvalue weighted by Crippen LogP contribution is 2.42. The monoisotopic (exact) mass is 222 g/mol. The lowest BCUT2D eigenvalue weighted by atomic mass is 9.90. The lowest BCUT2D eigenvalue weighted by Gasteiger charge is -2.31. The van der Waals surface area contributed by atoms with Crippen LogP contribution in [0.4, 0.5) is 0 Å². The minimum Gasteiger partial charge on any atom is -0.312 e. The molecule has 1 aliphatic heterocycles. The molecule has 88 valence electrons. The van der Waals surface area contributed by atoms with Crippen LogP contribution in [0, 0.1) is 0 Å². The zero-order valence-electron chi connectivity index (χ0n) is 9.83. The number of nitrogens with zero attached hydrogens (tertiary/aromatic N) is 2. The summed E-state index contributed by atoms with van der Waals surface area (Å²) in [6.07, 6.45) is -0.403. The third-order valence-electron chi connectivity index (χ3n) is 3.38. The van der Waals surface area contributed by atoms with Crippen LogP contribution in [-0.4, -0.2) is 32.2 Å². The third kappa shape index (κ3) is 1.55. The Kier molecular flexibility index (Phi) is 2.75. The van der Waals surface area contributed by atoms with Crippen molar-refractivity contribution in [2.24, 2.45) is 0 Å². The van der Waals surface area contributed by atoms with Crippen LogP contribution in [0.2, 0.25) is 0 Å². The fraction of sp³-hybridized carbons (Fsp3) is 0.500. The molecule has 0 bridgehead atoms. The number of hydroxylamine groups is 4. The van der Waals surface area contributed by atoms with E-state index in [2.05, 4.69) is 0 Å². The third-order valence-corrected chi connectivity index (χ3v) is 3.38. The van der Waals surface area contributed by atoms with Crippen molar-refractivity contribution in [3.63, 3.8) is 0 Å². The molecule has 0 aromatic heterocycles. The number of rotatable bonds is 1. The maximum absolute atomic E-state index is 10.0. The summed E-state index contributed by atoms with van der Waals surface area (Å²) < 4.78 is 0. The molecule has 2 N–H and O–H groups in total. The van der Waals surface area contributed by atoms with E-state index in [0.29, 0.717) is 0 Å². The summed E-state index contributed by atoms with van der Waals surface area (Å²) >= 11 is 0. The molecule has 16 heavy (non-hydrogen) atoms. The molecule has 1 heterocycles. The first-order valence-corrected chi connectivity index (χ1v) is 5.46. The topological polar surface area (TPSA) is 46.9 Å². The average molecular weight is 222 g/mol. The molecular weight excluding hydrogens is 204 g/mol. The summed E-state index contributed by atoms with van der Waals surface area (Å²) in [6.45, 7) is 5.60. The number of hydrogen-bond acceptors (Lipinski definition) is 4. The largest absolute Gasteiger partial charge is 0.312 e. The van der Waals surface area contributed by atoms with Gasteiger partial charge in [0.15, 0.2) is 0 Å². The van der Waals surface area contributed by atoms with Crippen molar-refractivity contribution in [3.05, 3.63) is 35.9 Å². The normalized spacial score (nSPS) is 30.8. The second-order valence-electron chi connectivity index (χ2n) is 4.82. The summed E-state index contributed by atoms with van der Waals surface area (Å²) in [7, 11) is 0. The smallest absolute Gasteiger partial charge is 0.109 e. The SMILES string of the molecule is CC1N(O)C(c2ccccc2)C(C)(C)N1O. The number of benzene rings is 1. The summed E-state index contributed by atoms with van der Waals surface area (Å²) in [5.74, 6) is 0. The van der Waals surface area contributed by atoms with Crippen LogP contribution in [0.15, 0.2) is 30.3 Å². The Labute approximate surface area is 95.6 Å². The molecule has 4 nitrogen and oxygen atoms in total. The summed E-state index contributed by atoms with van der Waals surface area (Å²) in [4.78, 5) is 0. The van der Waals surface area contributed by atoms with Crippen molar-refractivity contribution in [3.8, 4) is 0 Å². The van der Waals surface area contributed by atoms with Gasteiger partial charge in [0.05, 0.1) is 11.6 Å². The van der Waals surface area contributed by atoms with Crippen LogP contribution in [0.3, 0.4) is 0 Å². The van der Waals surface area contributed by atoms with E-state index in [-0.39, 0.29) is 6.04 Å². The van der Waals surface area contributed by atoms with Gasteiger partial charge in [0, 0.05) is 0 Å². The molecule has 2 unspecified atom stereocenters. The van der Waals surface area contributed by atoms with Gasteiger partial charge < -0.3 is 10.4 Å². The molecule has 4 heteroatoms. The van der Waals surface area contributed by atoms with Crippen molar-refractivity contribution in [2.45, 2.75) is 38.5 Å². The quantitative estimate of drug-likeness (QED) is 0.765. The van der Waals surface area contributed by atoms with Crippen LogP contribution in [0.5, 0.6) is 0 Å². The lowest BCUT2D eigenvalue weighted by Crippen LogP contribution is -2.41. The molecule has 0 spiro atoms. The maximum Gasteiger partial charge on any atom is 0.109 e. The molecule has 1 aliphatic rings. The zero-order chi connectivity index (χ0) is 11.9. The second kappa shape index (κ2) is 3.82. The fourth-order valence-electron chi connectivity index (χ4n) is 2.45. The van der Waals surface area contributed by atoms with Crippen LogP contribution in [0.25, 0.3) is 0 Å². The minimum absolute atomic E-state index is 0.228.